The fourth-order valence-corrected chi connectivity index (χ4v) is 2.75. The molecule has 1 aliphatic heterocycles. The van der Waals surface area contributed by atoms with Gasteiger partial charge in [0.1, 0.15) is 12.1 Å². The molecule has 0 radical (unpaired) electrons. The largest absolute Gasteiger partial charge is 0.352 e. The Morgan fingerprint density at radius 1 is 1.17 bits per heavy atom. The fraction of sp³-hybridized carbons (Fsp3) is 0.500. The third-order valence-corrected chi connectivity index (χ3v) is 4.18. The van der Waals surface area contributed by atoms with Crippen LogP contribution in [-0.2, 0) is 15.1 Å². The summed E-state index contributed by atoms with van der Waals surface area (Å²) >= 11 is 0. The molecule has 1 fully saturated rings. The van der Waals surface area contributed by atoms with Crippen LogP contribution in [0.1, 0.15) is 51.7 Å². The topological polar surface area (TPSA) is 78.5 Å². The molecule has 0 unspecified atom stereocenters. The summed E-state index contributed by atoms with van der Waals surface area (Å²) in [5, 5.41) is 5.40. The summed E-state index contributed by atoms with van der Waals surface area (Å²) in [5.41, 5.74) is 0.717. The summed E-state index contributed by atoms with van der Waals surface area (Å²) in [6, 6.07) is 7.02. The van der Waals surface area contributed by atoms with Crippen molar-refractivity contribution in [2.45, 2.75) is 52.1 Å². The van der Waals surface area contributed by atoms with Gasteiger partial charge in [-0.2, -0.15) is 0 Å². The van der Waals surface area contributed by atoms with E-state index in [1.54, 1.807) is 6.92 Å². The molecule has 1 aliphatic rings. The maximum Gasteiger partial charge on any atom is 0.325 e. The Balaban J connectivity index is 2.21. The van der Waals surface area contributed by atoms with E-state index < -0.39 is 17.5 Å². The molecule has 2 N–H and O–H groups in total. The first-order chi connectivity index (χ1) is 11.1. The number of imide groups is 1. The van der Waals surface area contributed by atoms with Gasteiger partial charge in [0.25, 0.3) is 5.91 Å². The average Bonchev–Trinajstić information content (AvgIpc) is 2.71. The minimum absolute atomic E-state index is 0.0479. The predicted octanol–water partition coefficient (Wildman–Crippen LogP) is 2.10. The van der Waals surface area contributed by atoms with Crippen LogP contribution < -0.4 is 10.6 Å². The summed E-state index contributed by atoms with van der Waals surface area (Å²) in [7, 11) is 0. The van der Waals surface area contributed by atoms with Gasteiger partial charge in [0.2, 0.25) is 5.91 Å². The van der Waals surface area contributed by atoms with Crippen molar-refractivity contribution in [3.8, 4) is 0 Å². The molecule has 0 spiro atoms. The summed E-state index contributed by atoms with van der Waals surface area (Å²) in [6.45, 7) is 9.22. The highest BCUT2D eigenvalue weighted by atomic mass is 16.2. The fourth-order valence-electron chi connectivity index (χ4n) is 2.75. The lowest BCUT2D eigenvalue weighted by atomic mass is 9.90. The lowest BCUT2D eigenvalue weighted by Gasteiger charge is -2.23. The number of nitrogens with one attached hydrogen (secondary N) is 2. The van der Waals surface area contributed by atoms with E-state index in [9.17, 15) is 14.4 Å². The zero-order chi connectivity index (χ0) is 18.1. The minimum Gasteiger partial charge on any atom is -0.352 e. The molecule has 0 aromatic heterocycles. The Morgan fingerprint density at radius 2 is 1.75 bits per heavy atom. The van der Waals surface area contributed by atoms with E-state index in [1.165, 1.54) is 0 Å². The summed E-state index contributed by atoms with van der Waals surface area (Å²) in [6.07, 6.45) is 0. The first kappa shape index (κ1) is 18.0. The second kappa shape index (κ2) is 6.63. The number of carbonyl (C=O) groups is 3. The van der Waals surface area contributed by atoms with Gasteiger partial charge >= 0.3 is 6.03 Å². The number of hydrogen-bond donors (Lipinski definition) is 2. The van der Waals surface area contributed by atoms with Crippen molar-refractivity contribution >= 4 is 17.8 Å². The Kier molecular flexibility index (Phi) is 4.96. The molecule has 1 aromatic carbocycles. The van der Waals surface area contributed by atoms with Crippen molar-refractivity contribution in [3.63, 3.8) is 0 Å². The molecule has 1 saturated heterocycles. The molecule has 4 amide bonds. The van der Waals surface area contributed by atoms with Crippen molar-refractivity contribution in [2.24, 2.45) is 0 Å². The number of amides is 4. The normalized spacial score (nSPS) is 20.7. The maximum absolute atomic E-state index is 12.7. The molecule has 130 valence electrons. The predicted molar refractivity (Wildman–Crippen MR) is 91.4 cm³/mol. The van der Waals surface area contributed by atoms with Gasteiger partial charge in [-0.1, -0.05) is 38.1 Å². The van der Waals surface area contributed by atoms with Gasteiger partial charge in [0.15, 0.2) is 0 Å². The van der Waals surface area contributed by atoms with Crippen LogP contribution in [-0.4, -0.2) is 35.3 Å². The lowest BCUT2D eigenvalue weighted by molar-refractivity contribution is -0.135. The molecule has 6 nitrogen and oxygen atoms in total. The highest BCUT2D eigenvalue weighted by molar-refractivity contribution is 6.09. The van der Waals surface area contributed by atoms with Crippen molar-refractivity contribution in [1.82, 2.24) is 15.5 Å². The molecule has 0 saturated carbocycles. The number of hydrogen-bond acceptors (Lipinski definition) is 3. The van der Waals surface area contributed by atoms with Crippen LogP contribution in [0.5, 0.6) is 0 Å². The third-order valence-electron chi connectivity index (χ3n) is 4.18. The molecule has 2 rings (SSSR count). The van der Waals surface area contributed by atoms with Gasteiger partial charge < -0.3 is 10.6 Å². The van der Waals surface area contributed by atoms with Gasteiger partial charge in [-0.25, -0.2) is 4.79 Å². The second-order valence-corrected chi connectivity index (χ2v) is 6.95. The van der Waals surface area contributed by atoms with Gasteiger partial charge in [0.05, 0.1) is 0 Å². The molecule has 6 heteroatoms. The number of carbonyl (C=O) groups excluding carboxylic acids is 3. The highest BCUT2D eigenvalue weighted by Crippen LogP contribution is 2.29. The van der Waals surface area contributed by atoms with Crippen LogP contribution in [0.25, 0.3) is 0 Å². The highest BCUT2D eigenvalue weighted by Gasteiger charge is 2.49. The maximum atomic E-state index is 12.7. The van der Waals surface area contributed by atoms with E-state index in [0.29, 0.717) is 11.5 Å². The Hall–Kier alpha value is -2.37. The van der Waals surface area contributed by atoms with E-state index in [1.807, 2.05) is 38.1 Å². The van der Waals surface area contributed by atoms with E-state index in [-0.39, 0.29) is 18.5 Å². The lowest BCUT2D eigenvalue weighted by Crippen LogP contribution is -2.44. The Bertz CT molecular complexity index is 652. The molecule has 0 bridgehead atoms. The van der Waals surface area contributed by atoms with Crippen molar-refractivity contribution in [3.05, 3.63) is 35.4 Å². The van der Waals surface area contributed by atoms with Crippen molar-refractivity contribution < 1.29 is 14.4 Å². The van der Waals surface area contributed by atoms with Crippen LogP contribution in [0.4, 0.5) is 4.79 Å². The Labute approximate surface area is 142 Å². The van der Waals surface area contributed by atoms with E-state index in [0.717, 1.165) is 10.5 Å². The van der Waals surface area contributed by atoms with Crippen molar-refractivity contribution in [1.29, 1.82) is 0 Å². The molecular formula is C18H25N3O3. The van der Waals surface area contributed by atoms with Gasteiger partial charge in [0, 0.05) is 6.04 Å². The van der Waals surface area contributed by atoms with Crippen molar-refractivity contribution in [2.75, 3.05) is 6.54 Å². The van der Waals surface area contributed by atoms with Gasteiger partial charge in [-0.05, 0) is 37.8 Å². The quantitative estimate of drug-likeness (QED) is 0.811. The molecule has 0 aliphatic carbocycles. The second-order valence-electron chi connectivity index (χ2n) is 6.95. The van der Waals surface area contributed by atoms with Gasteiger partial charge in [-0.3, -0.25) is 14.5 Å². The Morgan fingerprint density at radius 3 is 2.25 bits per heavy atom. The van der Waals surface area contributed by atoms with Crippen LogP contribution in [0.3, 0.4) is 0 Å². The summed E-state index contributed by atoms with van der Waals surface area (Å²) in [4.78, 5) is 37.8. The molecule has 24 heavy (non-hydrogen) atoms. The number of urea groups is 1. The molecule has 1 atom stereocenters. The van der Waals surface area contributed by atoms with Crippen LogP contribution >= 0.6 is 0 Å². The number of rotatable bonds is 5. The summed E-state index contributed by atoms with van der Waals surface area (Å²) in [5.74, 6) is -0.381. The first-order valence-corrected chi connectivity index (χ1v) is 8.19. The first-order valence-electron chi connectivity index (χ1n) is 8.19. The van der Waals surface area contributed by atoms with E-state index in [4.69, 9.17) is 0 Å². The monoisotopic (exact) mass is 331 g/mol. The summed E-state index contributed by atoms with van der Waals surface area (Å²) < 4.78 is 0. The molecule has 1 aromatic rings. The average molecular weight is 331 g/mol. The molecule has 1 heterocycles. The van der Waals surface area contributed by atoms with Crippen LogP contribution in [0.2, 0.25) is 0 Å². The molecular weight excluding hydrogens is 306 g/mol. The minimum atomic E-state index is -1.15. The number of benzene rings is 1. The zero-order valence-corrected chi connectivity index (χ0v) is 14.8. The standard InChI is InChI=1S/C18H25N3O3/c1-11(2)13-6-8-14(9-7-13)18(5)16(23)21(17(24)20-18)10-15(22)19-12(3)4/h6-9,11-12H,10H2,1-5H3,(H,19,22)(H,20,24)/t18-/m0/s1. The smallest absolute Gasteiger partial charge is 0.325 e. The van der Waals surface area contributed by atoms with E-state index in [2.05, 4.69) is 24.5 Å². The van der Waals surface area contributed by atoms with Crippen LogP contribution in [0, 0.1) is 0 Å². The third kappa shape index (κ3) is 3.42. The number of nitrogens with zero attached hydrogens (tertiary/aromatic N) is 1. The van der Waals surface area contributed by atoms with Crippen LogP contribution in [0.15, 0.2) is 24.3 Å². The zero-order valence-electron chi connectivity index (χ0n) is 14.8. The SMILES string of the molecule is CC(C)NC(=O)CN1C(=O)N[C@@](C)(c2ccc(C(C)C)cc2)C1=O. The van der Waals surface area contributed by atoms with E-state index >= 15 is 0 Å². The van der Waals surface area contributed by atoms with Gasteiger partial charge in [-0.15, -0.1) is 0 Å².